The van der Waals surface area contributed by atoms with E-state index in [2.05, 4.69) is 33.6 Å². The van der Waals surface area contributed by atoms with Crippen LogP contribution in [0.4, 0.5) is 0 Å². The zero-order valence-electron chi connectivity index (χ0n) is 18.0. The van der Waals surface area contributed by atoms with Crippen molar-refractivity contribution in [1.82, 2.24) is 25.1 Å². The number of hydrogen-bond acceptors (Lipinski definition) is 5. The van der Waals surface area contributed by atoms with Gasteiger partial charge in [-0.3, -0.25) is 4.79 Å². The Hall–Kier alpha value is -4.00. The predicted molar refractivity (Wildman–Crippen MR) is 121 cm³/mol. The Balaban J connectivity index is 1.38. The molecule has 0 atom stereocenters. The normalized spacial score (nSPS) is 12.1. The fourth-order valence-corrected chi connectivity index (χ4v) is 4.01. The molecule has 0 fully saturated rings. The fourth-order valence-electron chi connectivity index (χ4n) is 4.01. The van der Waals surface area contributed by atoms with Gasteiger partial charge in [-0.25, -0.2) is 14.6 Å². The molecule has 0 unspecified atom stereocenters. The molecule has 1 N–H and O–H groups in total. The second kappa shape index (κ2) is 8.26. The average molecular weight is 425 g/mol. The Morgan fingerprint density at radius 1 is 1.06 bits per heavy atom. The third-order valence-corrected chi connectivity index (χ3v) is 5.84. The average Bonchev–Trinajstić information content (AvgIpc) is 3.23. The van der Waals surface area contributed by atoms with Gasteiger partial charge >= 0.3 is 0 Å². The van der Waals surface area contributed by atoms with E-state index >= 15 is 0 Å². The Kier molecular flexibility index (Phi) is 5.15. The monoisotopic (exact) mass is 425 g/mol. The highest BCUT2D eigenvalue weighted by Crippen LogP contribution is 2.31. The summed E-state index contributed by atoms with van der Waals surface area (Å²) in [5.74, 6) is 1.06. The number of ether oxygens (including phenoxy) is 1. The highest BCUT2D eigenvalue weighted by molar-refractivity contribution is 5.95. The topological polar surface area (TPSA) is 81.9 Å². The van der Waals surface area contributed by atoms with Gasteiger partial charge in [0.25, 0.3) is 11.9 Å². The molecule has 4 aromatic rings. The largest absolute Gasteiger partial charge is 0.497 e. The van der Waals surface area contributed by atoms with Crippen LogP contribution in [0.15, 0.2) is 60.9 Å². The molecule has 2 aromatic heterocycles. The van der Waals surface area contributed by atoms with E-state index in [0.717, 1.165) is 41.0 Å². The van der Waals surface area contributed by atoms with E-state index in [4.69, 9.17) is 9.72 Å². The van der Waals surface area contributed by atoms with Gasteiger partial charge in [0.15, 0.2) is 0 Å². The number of nitrogens with zero attached hydrogens (tertiary/aromatic N) is 4. The lowest BCUT2D eigenvalue weighted by Gasteiger charge is -2.18. The Morgan fingerprint density at radius 3 is 2.66 bits per heavy atom. The standard InChI is InChI=1S/C25H23N5O2/c1-16-22(24(31)26-13-17-7-11-20(32-2)12-8-17)15-28-30(16)25-27-14-19-10-9-18-5-3-4-6-21(18)23(19)29-25/h3-8,11-12,14-15H,9-10,13H2,1-2H3,(H,26,31). The summed E-state index contributed by atoms with van der Waals surface area (Å²) < 4.78 is 6.79. The number of rotatable bonds is 5. The van der Waals surface area contributed by atoms with Crippen molar-refractivity contribution in [2.24, 2.45) is 0 Å². The molecule has 0 spiro atoms. The van der Waals surface area contributed by atoms with Crippen LogP contribution >= 0.6 is 0 Å². The number of carbonyl (C=O) groups is 1. The first-order valence-corrected chi connectivity index (χ1v) is 10.5. The van der Waals surface area contributed by atoms with Gasteiger partial charge in [-0.1, -0.05) is 36.4 Å². The van der Waals surface area contributed by atoms with Crippen molar-refractivity contribution in [3.63, 3.8) is 0 Å². The van der Waals surface area contributed by atoms with E-state index < -0.39 is 0 Å². The highest BCUT2D eigenvalue weighted by Gasteiger charge is 2.21. The number of nitrogens with one attached hydrogen (secondary N) is 1. The van der Waals surface area contributed by atoms with E-state index in [1.54, 1.807) is 18.0 Å². The first kappa shape index (κ1) is 19.9. The van der Waals surface area contributed by atoms with E-state index in [1.165, 1.54) is 5.56 Å². The van der Waals surface area contributed by atoms with Crippen LogP contribution in [0.3, 0.4) is 0 Å². The van der Waals surface area contributed by atoms with Gasteiger partial charge in [0.1, 0.15) is 5.75 Å². The smallest absolute Gasteiger partial charge is 0.255 e. The molecule has 5 rings (SSSR count). The van der Waals surface area contributed by atoms with E-state index in [1.807, 2.05) is 43.5 Å². The van der Waals surface area contributed by atoms with Crippen molar-refractivity contribution in [2.45, 2.75) is 26.3 Å². The highest BCUT2D eigenvalue weighted by atomic mass is 16.5. The molecule has 1 aliphatic rings. The molecule has 0 saturated carbocycles. The van der Waals surface area contributed by atoms with Crippen LogP contribution in [-0.4, -0.2) is 32.8 Å². The van der Waals surface area contributed by atoms with Crippen LogP contribution in [0.2, 0.25) is 0 Å². The third kappa shape index (κ3) is 3.62. The molecule has 7 heteroatoms. The minimum absolute atomic E-state index is 0.187. The lowest BCUT2D eigenvalue weighted by molar-refractivity contribution is 0.0950. The first-order valence-electron chi connectivity index (χ1n) is 10.5. The quantitative estimate of drug-likeness (QED) is 0.528. The minimum Gasteiger partial charge on any atom is -0.497 e. The predicted octanol–water partition coefficient (Wildman–Crippen LogP) is 3.67. The molecule has 7 nitrogen and oxygen atoms in total. The molecule has 2 heterocycles. The van der Waals surface area contributed by atoms with E-state index in [9.17, 15) is 4.79 Å². The van der Waals surface area contributed by atoms with Crippen molar-refractivity contribution in [2.75, 3.05) is 7.11 Å². The van der Waals surface area contributed by atoms with Crippen molar-refractivity contribution in [3.05, 3.63) is 88.9 Å². The molecular weight excluding hydrogens is 402 g/mol. The summed E-state index contributed by atoms with van der Waals surface area (Å²) in [6.07, 6.45) is 5.35. The third-order valence-electron chi connectivity index (χ3n) is 5.84. The SMILES string of the molecule is COc1ccc(CNC(=O)c2cnn(-c3ncc4c(n3)-c3ccccc3CC4)c2C)cc1. The molecule has 160 valence electrons. The second-order valence-corrected chi connectivity index (χ2v) is 7.79. The number of carbonyl (C=O) groups excluding carboxylic acids is 1. The van der Waals surface area contributed by atoms with Crippen LogP contribution in [0, 0.1) is 6.92 Å². The summed E-state index contributed by atoms with van der Waals surface area (Å²) in [4.78, 5) is 22.1. The van der Waals surface area contributed by atoms with Gasteiger partial charge in [-0.05, 0) is 48.6 Å². The second-order valence-electron chi connectivity index (χ2n) is 7.79. The van der Waals surface area contributed by atoms with E-state index in [0.29, 0.717) is 23.8 Å². The molecule has 1 aliphatic carbocycles. The first-order chi connectivity index (χ1) is 15.6. The zero-order chi connectivity index (χ0) is 22.1. The van der Waals surface area contributed by atoms with Crippen molar-refractivity contribution in [3.8, 4) is 23.0 Å². The molecule has 0 saturated heterocycles. The van der Waals surface area contributed by atoms with Crippen LogP contribution < -0.4 is 10.1 Å². The van der Waals surface area contributed by atoms with Crippen LogP contribution in [-0.2, 0) is 19.4 Å². The summed E-state index contributed by atoms with van der Waals surface area (Å²) >= 11 is 0. The van der Waals surface area contributed by atoms with Gasteiger partial charge < -0.3 is 10.1 Å². The van der Waals surface area contributed by atoms with Gasteiger partial charge in [-0.15, -0.1) is 0 Å². The summed E-state index contributed by atoms with van der Waals surface area (Å²) in [5, 5.41) is 7.35. The Morgan fingerprint density at radius 2 is 1.84 bits per heavy atom. The number of aromatic nitrogens is 4. The molecular formula is C25H23N5O2. The molecule has 0 aliphatic heterocycles. The maximum atomic E-state index is 12.8. The lowest BCUT2D eigenvalue weighted by Crippen LogP contribution is -2.23. The van der Waals surface area contributed by atoms with Crippen molar-refractivity contribution >= 4 is 5.91 Å². The Bertz CT molecular complexity index is 1290. The van der Waals surface area contributed by atoms with Gasteiger partial charge in [0, 0.05) is 18.3 Å². The maximum absolute atomic E-state index is 12.8. The molecule has 2 aromatic carbocycles. The molecule has 0 bridgehead atoms. The van der Waals surface area contributed by atoms with Crippen LogP contribution in [0.5, 0.6) is 5.75 Å². The molecule has 32 heavy (non-hydrogen) atoms. The number of benzene rings is 2. The van der Waals surface area contributed by atoms with E-state index in [-0.39, 0.29) is 5.91 Å². The maximum Gasteiger partial charge on any atom is 0.255 e. The van der Waals surface area contributed by atoms with Crippen LogP contribution in [0.25, 0.3) is 17.2 Å². The van der Waals surface area contributed by atoms with Crippen LogP contribution in [0.1, 0.15) is 32.7 Å². The molecule has 0 radical (unpaired) electrons. The van der Waals surface area contributed by atoms with Gasteiger partial charge in [-0.2, -0.15) is 5.10 Å². The number of hydrogen-bond donors (Lipinski definition) is 1. The van der Waals surface area contributed by atoms with Gasteiger partial charge in [0.2, 0.25) is 0 Å². The lowest BCUT2D eigenvalue weighted by atomic mass is 9.90. The minimum atomic E-state index is -0.187. The van der Waals surface area contributed by atoms with Crippen molar-refractivity contribution < 1.29 is 9.53 Å². The summed E-state index contributed by atoms with van der Waals surface area (Å²) in [5.41, 5.74) is 6.69. The van der Waals surface area contributed by atoms with Gasteiger partial charge in [0.05, 0.1) is 30.3 Å². The summed E-state index contributed by atoms with van der Waals surface area (Å²) in [6.45, 7) is 2.27. The summed E-state index contributed by atoms with van der Waals surface area (Å²) in [7, 11) is 1.63. The number of methoxy groups -OCH3 is 1. The molecule has 1 amide bonds. The fraction of sp³-hybridized carbons (Fsp3) is 0.200. The Labute approximate surface area is 186 Å². The number of amides is 1. The number of aryl methyl sites for hydroxylation is 2. The summed E-state index contributed by atoms with van der Waals surface area (Å²) in [6, 6.07) is 15.9. The van der Waals surface area contributed by atoms with Crippen molar-refractivity contribution in [1.29, 1.82) is 0 Å². The zero-order valence-corrected chi connectivity index (χ0v) is 18.0. The number of fused-ring (bicyclic) bond motifs is 3.